The molecule has 0 saturated heterocycles. The van der Waals surface area contributed by atoms with Crippen LogP contribution in [0.15, 0.2) is 36.8 Å². The highest BCUT2D eigenvalue weighted by atomic mass is 19.4. The van der Waals surface area contributed by atoms with Gasteiger partial charge in [-0.25, -0.2) is 9.97 Å². The van der Waals surface area contributed by atoms with Crippen LogP contribution in [-0.4, -0.2) is 44.0 Å². The zero-order chi connectivity index (χ0) is 21.6. The number of pyridine rings is 2. The topological polar surface area (TPSA) is 93.4 Å². The van der Waals surface area contributed by atoms with Crippen LogP contribution >= 0.6 is 0 Å². The molecule has 0 aliphatic carbocycles. The van der Waals surface area contributed by atoms with Gasteiger partial charge in [0.25, 0.3) is 11.8 Å². The highest BCUT2D eigenvalue weighted by molar-refractivity contribution is 6.10. The summed E-state index contributed by atoms with van der Waals surface area (Å²) in [5, 5.41) is 13.7. The summed E-state index contributed by atoms with van der Waals surface area (Å²) in [5.74, 6) is -0.454. The van der Waals surface area contributed by atoms with E-state index in [1.807, 2.05) is 0 Å². The summed E-state index contributed by atoms with van der Waals surface area (Å²) in [7, 11) is 1.38. The van der Waals surface area contributed by atoms with E-state index in [1.165, 1.54) is 36.7 Å². The van der Waals surface area contributed by atoms with Gasteiger partial charge >= 0.3 is 6.18 Å². The van der Waals surface area contributed by atoms with Gasteiger partial charge in [0.2, 0.25) is 0 Å². The summed E-state index contributed by atoms with van der Waals surface area (Å²) >= 11 is 0. The number of methoxy groups -OCH3 is 1. The van der Waals surface area contributed by atoms with E-state index in [0.29, 0.717) is 22.5 Å². The number of rotatable bonds is 4. The van der Waals surface area contributed by atoms with E-state index >= 15 is 0 Å². The third-order valence-corrected chi connectivity index (χ3v) is 4.72. The molecular weight excluding hydrogens is 403 g/mol. The van der Waals surface area contributed by atoms with Crippen LogP contribution in [0.25, 0.3) is 11.3 Å². The number of amides is 1. The Hall–Kier alpha value is -3.63. The summed E-state index contributed by atoms with van der Waals surface area (Å²) in [6.07, 6.45) is -0.534. The zero-order valence-corrected chi connectivity index (χ0v) is 15.9. The number of carbonyl (C=O) groups is 1. The van der Waals surface area contributed by atoms with Crippen molar-refractivity contribution in [3.05, 3.63) is 48.0 Å². The Kier molecular flexibility index (Phi) is 4.60. The maximum Gasteiger partial charge on any atom is 0.408 e. The van der Waals surface area contributed by atoms with Gasteiger partial charge in [-0.3, -0.25) is 14.4 Å². The van der Waals surface area contributed by atoms with Crippen molar-refractivity contribution in [2.75, 3.05) is 12.0 Å². The number of aromatic hydroxyl groups is 1. The first-order valence-electron chi connectivity index (χ1n) is 8.85. The van der Waals surface area contributed by atoms with Crippen LogP contribution in [-0.2, 0) is 6.54 Å². The van der Waals surface area contributed by atoms with Crippen LogP contribution in [0.5, 0.6) is 11.6 Å². The Bertz CT molecular complexity index is 1130. The van der Waals surface area contributed by atoms with Crippen molar-refractivity contribution in [3.8, 4) is 22.9 Å². The maximum atomic E-state index is 12.8. The van der Waals surface area contributed by atoms with Gasteiger partial charge in [-0.1, -0.05) is 0 Å². The molecule has 30 heavy (non-hydrogen) atoms. The molecular formula is C19H16F3N5O3. The molecule has 1 N–H and O–H groups in total. The molecule has 4 heterocycles. The average Bonchev–Trinajstić information content (AvgIpc) is 3.22. The van der Waals surface area contributed by atoms with Crippen LogP contribution in [0.3, 0.4) is 0 Å². The number of nitrogens with zero attached hydrogens (tertiary/aromatic N) is 5. The highest BCUT2D eigenvalue weighted by Gasteiger charge is 2.37. The number of aromatic nitrogens is 4. The van der Waals surface area contributed by atoms with Gasteiger partial charge in [0.1, 0.15) is 6.54 Å². The SMILES string of the molecule is COc1ncc(-c2ccc3c(n2)[C@H](C)N(c2cnn(CC(F)(F)F)c2)C3=O)cc1O. The van der Waals surface area contributed by atoms with Crippen LogP contribution in [0, 0.1) is 0 Å². The molecule has 1 amide bonds. The van der Waals surface area contributed by atoms with Crippen LogP contribution < -0.4 is 9.64 Å². The predicted octanol–water partition coefficient (Wildman–Crippen LogP) is 3.34. The monoisotopic (exact) mass is 419 g/mol. The van der Waals surface area contributed by atoms with Crippen molar-refractivity contribution in [1.82, 2.24) is 19.7 Å². The van der Waals surface area contributed by atoms with Crippen LogP contribution in [0.1, 0.15) is 29.0 Å². The summed E-state index contributed by atoms with van der Waals surface area (Å²) in [6, 6.07) is 4.14. The lowest BCUT2D eigenvalue weighted by molar-refractivity contribution is -0.142. The first-order valence-corrected chi connectivity index (χ1v) is 8.85. The number of anilines is 1. The van der Waals surface area contributed by atoms with Crippen LogP contribution in [0.4, 0.5) is 18.9 Å². The average molecular weight is 419 g/mol. The van der Waals surface area contributed by atoms with Gasteiger partial charge in [0.15, 0.2) is 5.75 Å². The molecule has 3 aromatic heterocycles. The molecule has 0 aromatic carbocycles. The van der Waals surface area contributed by atoms with E-state index in [9.17, 15) is 23.1 Å². The minimum absolute atomic E-state index is 0.0745. The van der Waals surface area contributed by atoms with Crippen molar-refractivity contribution >= 4 is 11.6 Å². The molecule has 1 atom stereocenters. The third kappa shape index (κ3) is 3.42. The van der Waals surface area contributed by atoms with Gasteiger partial charge in [-0.15, -0.1) is 0 Å². The number of fused-ring (bicyclic) bond motifs is 1. The molecule has 8 nitrogen and oxygen atoms in total. The van der Waals surface area contributed by atoms with Crippen molar-refractivity contribution in [2.24, 2.45) is 0 Å². The number of hydrogen-bond donors (Lipinski definition) is 1. The molecule has 11 heteroatoms. The molecule has 4 rings (SSSR count). The molecule has 156 valence electrons. The number of ether oxygens (including phenoxy) is 1. The second-order valence-corrected chi connectivity index (χ2v) is 6.74. The fourth-order valence-electron chi connectivity index (χ4n) is 3.39. The molecule has 0 spiro atoms. The van der Waals surface area contributed by atoms with E-state index in [0.717, 1.165) is 4.68 Å². The summed E-state index contributed by atoms with van der Waals surface area (Å²) in [4.78, 5) is 22.7. The standard InChI is InChI=1S/C19H16F3N5O3/c1-10-16-13(3-4-14(25-16)11-5-15(28)17(30-2)23-6-11)18(29)27(10)12-7-24-26(8-12)9-19(20,21)22/h3-8,10,28H,9H2,1-2H3/t10-/m0/s1. The Morgan fingerprint density at radius 1 is 1.27 bits per heavy atom. The van der Waals surface area contributed by atoms with Crippen molar-refractivity contribution in [2.45, 2.75) is 25.7 Å². The fourth-order valence-corrected chi connectivity index (χ4v) is 3.39. The number of carbonyl (C=O) groups excluding carboxylic acids is 1. The first-order chi connectivity index (χ1) is 14.2. The molecule has 0 fully saturated rings. The molecule has 0 radical (unpaired) electrons. The summed E-state index contributed by atoms with van der Waals surface area (Å²) in [6.45, 7) is 0.484. The lowest BCUT2D eigenvalue weighted by Crippen LogP contribution is -2.26. The Morgan fingerprint density at radius 2 is 2.03 bits per heavy atom. The van der Waals surface area contributed by atoms with E-state index in [1.54, 1.807) is 19.1 Å². The largest absolute Gasteiger partial charge is 0.503 e. The van der Waals surface area contributed by atoms with Gasteiger partial charge in [0, 0.05) is 18.0 Å². The minimum atomic E-state index is -4.42. The Morgan fingerprint density at radius 3 is 2.70 bits per heavy atom. The van der Waals surface area contributed by atoms with Crippen molar-refractivity contribution < 1.29 is 27.8 Å². The third-order valence-electron chi connectivity index (χ3n) is 4.72. The van der Waals surface area contributed by atoms with E-state index < -0.39 is 18.8 Å². The second kappa shape index (κ2) is 7.01. The molecule has 0 bridgehead atoms. The van der Waals surface area contributed by atoms with Gasteiger partial charge in [-0.05, 0) is 25.1 Å². The van der Waals surface area contributed by atoms with Gasteiger partial charge in [-0.2, -0.15) is 18.3 Å². The maximum absolute atomic E-state index is 12.8. The lowest BCUT2D eigenvalue weighted by atomic mass is 10.1. The predicted molar refractivity (Wildman–Crippen MR) is 99.2 cm³/mol. The number of hydrogen-bond acceptors (Lipinski definition) is 6. The van der Waals surface area contributed by atoms with Crippen molar-refractivity contribution in [3.63, 3.8) is 0 Å². The summed E-state index contributed by atoms with van der Waals surface area (Å²) < 4.78 is 43.5. The normalized spacial score (nSPS) is 16.1. The van der Waals surface area contributed by atoms with Gasteiger partial charge in [0.05, 0.1) is 42.0 Å². The lowest BCUT2D eigenvalue weighted by Gasteiger charge is -2.19. The van der Waals surface area contributed by atoms with E-state index in [-0.39, 0.29) is 23.2 Å². The zero-order valence-electron chi connectivity index (χ0n) is 15.9. The minimum Gasteiger partial charge on any atom is -0.503 e. The second-order valence-electron chi connectivity index (χ2n) is 6.74. The molecule has 1 aliphatic heterocycles. The quantitative estimate of drug-likeness (QED) is 0.697. The molecule has 1 aliphatic rings. The van der Waals surface area contributed by atoms with E-state index in [2.05, 4.69) is 15.1 Å². The number of halogens is 3. The fraction of sp³-hybridized carbons (Fsp3) is 0.263. The molecule has 3 aromatic rings. The smallest absolute Gasteiger partial charge is 0.408 e. The van der Waals surface area contributed by atoms with Crippen LogP contribution in [0.2, 0.25) is 0 Å². The first kappa shape index (κ1) is 19.7. The van der Waals surface area contributed by atoms with Crippen molar-refractivity contribution in [1.29, 1.82) is 0 Å². The Labute approximate surface area is 168 Å². The Balaban J connectivity index is 1.65. The molecule has 0 saturated carbocycles. The number of alkyl halides is 3. The molecule has 0 unspecified atom stereocenters. The summed E-state index contributed by atoms with van der Waals surface area (Å²) in [5.41, 5.74) is 2.07. The van der Waals surface area contributed by atoms with E-state index in [4.69, 9.17) is 4.74 Å². The highest BCUT2D eigenvalue weighted by Crippen LogP contribution is 2.38. The van der Waals surface area contributed by atoms with Gasteiger partial charge < -0.3 is 9.84 Å².